The van der Waals surface area contributed by atoms with Gasteiger partial charge in [-0.05, 0) is 52.0 Å². The van der Waals surface area contributed by atoms with Crippen LogP contribution in [0.5, 0.6) is 11.5 Å². The first-order valence-corrected chi connectivity index (χ1v) is 11.7. The molecule has 0 radical (unpaired) electrons. The van der Waals surface area contributed by atoms with Crippen molar-refractivity contribution in [3.05, 3.63) is 108 Å². The van der Waals surface area contributed by atoms with Gasteiger partial charge in [-0.25, -0.2) is 0 Å². The summed E-state index contributed by atoms with van der Waals surface area (Å²) in [5.74, 6) is 2.35. The smallest absolute Gasteiger partial charge is 0.255 e. The van der Waals surface area contributed by atoms with Crippen molar-refractivity contribution >= 4 is 45.5 Å². The zero-order chi connectivity index (χ0) is 24.9. The van der Waals surface area contributed by atoms with E-state index in [1.165, 1.54) is 0 Å². The van der Waals surface area contributed by atoms with E-state index in [1.54, 1.807) is 12.1 Å². The van der Waals surface area contributed by atoms with Crippen molar-refractivity contribution in [1.82, 2.24) is 5.32 Å². The topological polar surface area (TPSA) is 69.6 Å². The van der Waals surface area contributed by atoms with Crippen LogP contribution in [-0.2, 0) is 6.54 Å². The van der Waals surface area contributed by atoms with Gasteiger partial charge in [0.2, 0.25) is 0 Å². The van der Waals surface area contributed by atoms with Crippen molar-refractivity contribution in [3.8, 4) is 22.6 Å². The summed E-state index contributed by atoms with van der Waals surface area (Å²) < 4.78 is 0. The minimum absolute atomic E-state index is 0.0476. The number of carbonyl (C=O) groups is 1. The lowest BCUT2D eigenvalue weighted by atomic mass is 9.90. The monoisotopic (exact) mass is 479 g/mol. The number of rotatable bonds is 4. The zero-order valence-electron chi connectivity index (χ0n) is 19.3. The third kappa shape index (κ3) is 4.72. The van der Waals surface area contributed by atoms with E-state index >= 15 is 0 Å². The lowest BCUT2D eigenvalue weighted by molar-refractivity contribution is 0.0948. The van der Waals surface area contributed by atoms with Crippen molar-refractivity contribution in [2.75, 3.05) is 0 Å². The fourth-order valence-corrected chi connectivity index (χ4v) is 4.27. The van der Waals surface area contributed by atoms with E-state index in [4.69, 9.17) is 0 Å². The molecule has 5 heteroatoms. The van der Waals surface area contributed by atoms with Gasteiger partial charge in [0.05, 0.1) is 5.56 Å². The minimum Gasteiger partial charge on any atom is -0.507 e. The summed E-state index contributed by atoms with van der Waals surface area (Å²) in [7, 11) is 0. The van der Waals surface area contributed by atoms with Crippen LogP contribution < -0.4 is 5.32 Å². The van der Waals surface area contributed by atoms with Gasteiger partial charge in [0.25, 0.3) is 5.91 Å². The number of thiocarbonyl (C=S) groups is 1. The van der Waals surface area contributed by atoms with Crippen molar-refractivity contribution in [3.63, 3.8) is 0 Å². The summed E-state index contributed by atoms with van der Waals surface area (Å²) in [6.45, 7) is 2.36. The van der Waals surface area contributed by atoms with E-state index in [9.17, 15) is 15.0 Å². The van der Waals surface area contributed by atoms with Crippen LogP contribution in [-0.4, -0.2) is 22.0 Å². The number of amides is 1. The minimum atomic E-state index is -0.375. The number of benzene rings is 5. The third-order valence-electron chi connectivity index (χ3n) is 6.00. The average Bonchev–Trinajstić information content (AvgIpc) is 2.90. The fraction of sp³-hybridized carbons (Fsp3) is 0.0667. The second kappa shape index (κ2) is 10.4. The highest BCUT2D eigenvalue weighted by Crippen LogP contribution is 2.46. The third-order valence-corrected chi connectivity index (χ3v) is 6.00. The number of carbonyl (C=O) groups excluding carboxylic acids is 1. The Bertz CT molecular complexity index is 1530. The molecule has 0 aliphatic heterocycles. The van der Waals surface area contributed by atoms with Gasteiger partial charge in [-0.1, -0.05) is 96.6 Å². The zero-order valence-corrected chi connectivity index (χ0v) is 20.1. The van der Waals surface area contributed by atoms with Gasteiger partial charge in [-0.3, -0.25) is 4.79 Å². The van der Waals surface area contributed by atoms with Crippen molar-refractivity contribution < 1.29 is 15.0 Å². The highest BCUT2D eigenvalue weighted by Gasteiger charge is 2.22. The predicted octanol–water partition coefficient (Wildman–Crippen LogP) is 6.93. The second-order valence-corrected chi connectivity index (χ2v) is 8.22. The maximum atomic E-state index is 13.1. The van der Waals surface area contributed by atoms with E-state index in [0.29, 0.717) is 17.7 Å². The van der Waals surface area contributed by atoms with E-state index in [-0.39, 0.29) is 23.0 Å². The van der Waals surface area contributed by atoms with E-state index in [0.717, 1.165) is 32.7 Å². The Morgan fingerprint density at radius 3 is 2.09 bits per heavy atom. The largest absolute Gasteiger partial charge is 0.507 e. The summed E-state index contributed by atoms with van der Waals surface area (Å²) in [4.78, 5) is 13.1. The lowest BCUT2D eigenvalue weighted by Gasteiger charge is -2.17. The number of phenols is 2. The van der Waals surface area contributed by atoms with Crippen LogP contribution in [0.25, 0.3) is 32.7 Å². The van der Waals surface area contributed by atoms with Crippen LogP contribution >= 0.6 is 12.2 Å². The molecule has 3 N–H and O–H groups in total. The molecule has 174 valence electrons. The standard InChI is InChI=1S/C29H23NO3.CH2S/c1-18-10-12-19(13-11-18)17-30-29(33)24-16-21-7-3-5-9-23(21)27(28(24)32)26-22-8-4-2-6-20(22)14-15-25(26)31;1-2/h2-16,31-32H,17H2,1H3,(H,30,33);1H2. The fourth-order valence-electron chi connectivity index (χ4n) is 4.27. The Balaban J connectivity index is 0.00000141. The molecule has 0 aliphatic carbocycles. The number of hydrogen-bond acceptors (Lipinski definition) is 4. The van der Waals surface area contributed by atoms with Gasteiger partial charge in [-0.2, -0.15) is 0 Å². The van der Waals surface area contributed by atoms with Crippen LogP contribution in [0.2, 0.25) is 0 Å². The molecule has 0 saturated carbocycles. The van der Waals surface area contributed by atoms with Crippen LogP contribution in [0.1, 0.15) is 21.5 Å². The van der Waals surface area contributed by atoms with Crippen LogP contribution in [0.3, 0.4) is 0 Å². The summed E-state index contributed by atoms with van der Waals surface area (Å²) in [5, 5.41) is 28.4. The molecule has 0 fully saturated rings. The first-order chi connectivity index (χ1) is 17.0. The summed E-state index contributed by atoms with van der Waals surface area (Å²) >= 11 is 3.83. The normalized spacial score (nSPS) is 10.5. The quantitative estimate of drug-likeness (QED) is 0.245. The van der Waals surface area contributed by atoms with Crippen molar-refractivity contribution in [1.29, 1.82) is 0 Å². The molecular weight excluding hydrogens is 454 g/mol. The highest BCUT2D eigenvalue weighted by molar-refractivity contribution is 7.77. The van der Waals surface area contributed by atoms with E-state index in [2.05, 4.69) is 23.4 Å². The van der Waals surface area contributed by atoms with E-state index in [1.807, 2.05) is 85.8 Å². The number of phenolic OH excluding ortho intramolecular Hbond substituents is 2. The van der Waals surface area contributed by atoms with Gasteiger partial charge in [0.15, 0.2) is 0 Å². The first-order valence-electron chi connectivity index (χ1n) is 11.1. The molecule has 5 aromatic carbocycles. The Morgan fingerprint density at radius 1 is 0.800 bits per heavy atom. The van der Waals surface area contributed by atoms with Gasteiger partial charge in [0.1, 0.15) is 11.5 Å². The molecule has 0 heterocycles. The number of fused-ring (bicyclic) bond motifs is 2. The SMILES string of the molecule is C=S.Cc1ccc(CNC(=O)c2cc3ccccc3c(-c3c(O)ccc4ccccc34)c2O)cc1. The molecule has 5 aromatic rings. The number of hydrogen-bond donors (Lipinski definition) is 3. The molecule has 0 unspecified atom stereocenters. The molecular formula is C30H25NO3S. The number of nitrogens with one attached hydrogen (secondary N) is 1. The predicted molar refractivity (Wildman–Crippen MR) is 147 cm³/mol. The maximum Gasteiger partial charge on any atom is 0.255 e. The second-order valence-electron chi connectivity index (χ2n) is 8.22. The van der Waals surface area contributed by atoms with Crippen LogP contribution in [0, 0.1) is 6.92 Å². The highest BCUT2D eigenvalue weighted by atomic mass is 32.1. The Morgan fingerprint density at radius 2 is 1.40 bits per heavy atom. The number of aromatic hydroxyl groups is 2. The molecule has 0 saturated heterocycles. The molecule has 4 nitrogen and oxygen atoms in total. The molecule has 0 aromatic heterocycles. The van der Waals surface area contributed by atoms with E-state index < -0.39 is 0 Å². The van der Waals surface area contributed by atoms with Crippen molar-refractivity contribution in [2.24, 2.45) is 0 Å². The Hall–Kier alpha value is -4.22. The molecule has 0 aliphatic rings. The molecule has 0 spiro atoms. The average molecular weight is 480 g/mol. The Labute approximate surface area is 209 Å². The van der Waals surface area contributed by atoms with Gasteiger partial charge in [-0.15, -0.1) is 0 Å². The van der Waals surface area contributed by atoms with Gasteiger partial charge < -0.3 is 15.5 Å². The van der Waals surface area contributed by atoms with Crippen LogP contribution in [0.4, 0.5) is 0 Å². The number of aryl methyl sites for hydroxylation is 1. The molecule has 35 heavy (non-hydrogen) atoms. The van der Waals surface area contributed by atoms with Crippen LogP contribution in [0.15, 0.2) is 91.0 Å². The first kappa shape index (κ1) is 23.9. The van der Waals surface area contributed by atoms with Crippen molar-refractivity contribution in [2.45, 2.75) is 13.5 Å². The molecule has 1 amide bonds. The summed E-state index contributed by atoms with van der Waals surface area (Å²) in [6.07, 6.45) is 0. The Kier molecular flexibility index (Phi) is 7.09. The summed E-state index contributed by atoms with van der Waals surface area (Å²) in [5.41, 5.74) is 3.25. The molecule has 0 atom stereocenters. The maximum absolute atomic E-state index is 13.1. The lowest BCUT2D eigenvalue weighted by Crippen LogP contribution is -2.23. The van der Waals surface area contributed by atoms with Gasteiger partial charge >= 0.3 is 0 Å². The summed E-state index contributed by atoms with van der Waals surface area (Å²) in [6, 6.07) is 28.3. The van der Waals surface area contributed by atoms with Gasteiger partial charge in [0, 0.05) is 17.7 Å². The molecule has 5 rings (SSSR count). The molecule has 0 bridgehead atoms.